The number of anilines is 1. The number of aliphatic carboxylic acids is 1. The number of hydrogen-bond donors (Lipinski definition) is 2. The molecule has 2 heterocycles. The molecular weight excluding hydrogens is 192 g/mol. The van der Waals surface area contributed by atoms with Crippen molar-refractivity contribution in [3.05, 3.63) is 29.8 Å². The number of hydrogen-bond acceptors (Lipinski definition) is 3. The van der Waals surface area contributed by atoms with Crippen LogP contribution in [-0.2, 0) is 11.2 Å². The number of nitrogens with one attached hydrogen (secondary N) is 1. The normalized spacial score (nSPS) is 27.6. The lowest BCUT2D eigenvalue weighted by Gasteiger charge is -2.18. The van der Waals surface area contributed by atoms with Crippen LogP contribution in [0.3, 0.4) is 0 Å². The average Bonchev–Trinajstić information content (AvgIpc) is 2.73. The molecule has 2 N–H and O–H groups in total. The zero-order chi connectivity index (χ0) is 10.4. The smallest absolute Gasteiger partial charge is 0.322 e. The van der Waals surface area contributed by atoms with Crippen LogP contribution < -0.4 is 10.4 Å². The lowest BCUT2D eigenvalue weighted by Crippen LogP contribution is -2.40. The second-order valence-electron chi connectivity index (χ2n) is 4.11. The first-order valence-corrected chi connectivity index (χ1v) is 5.12. The predicted octanol–water partition coefficient (Wildman–Crippen LogP) is 0.779. The van der Waals surface area contributed by atoms with Gasteiger partial charge in [-0.2, -0.15) is 0 Å². The van der Waals surface area contributed by atoms with E-state index in [0.29, 0.717) is 12.5 Å². The van der Waals surface area contributed by atoms with Crippen molar-refractivity contribution in [2.45, 2.75) is 24.9 Å². The van der Waals surface area contributed by atoms with Gasteiger partial charge in [0, 0.05) is 0 Å². The first kappa shape index (κ1) is 8.73. The maximum absolute atomic E-state index is 10.9. The molecule has 2 aliphatic rings. The van der Waals surface area contributed by atoms with Gasteiger partial charge in [0.2, 0.25) is 0 Å². The van der Waals surface area contributed by atoms with Crippen molar-refractivity contribution in [2.75, 3.05) is 5.01 Å². The van der Waals surface area contributed by atoms with Gasteiger partial charge in [-0.1, -0.05) is 18.2 Å². The van der Waals surface area contributed by atoms with Gasteiger partial charge in [-0.3, -0.25) is 4.79 Å². The van der Waals surface area contributed by atoms with Crippen LogP contribution in [0.1, 0.15) is 12.0 Å². The highest BCUT2D eigenvalue weighted by atomic mass is 16.4. The van der Waals surface area contributed by atoms with Gasteiger partial charge in [0.05, 0.1) is 11.7 Å². The molecule has 0 aromatic heterocycles. The van der Waals surface area contributed by atoms with Crippen molar-refractivity contribution >= 4 is 11.7 Å². The summed E-state index contributed by atoms with van der Waals surface area (Å²) in [7, 11) is 0. The number of para-hydroxylation sites is 1. The Bertz CT molecular complexity index is 419. The molecule has 4 heteroatoms. The Morgan fingerprint density at radius 2 is 2.27 bits per heavy atom. The molecule has 78 valence electrons. The van der Waals surface area contributed by atoms with Crippen LogP contribution in [0.25, 0.3) is 0 Å². The van der Waals surface area contributed by atoms with Crippen LogP contribution in [0.15, 0.2) is 24.3 Å². The lowest BCUT2D eigenvalue weighted by atomic mass is 10.1. The minimum absolute atomic E-state index is 0.309. The van der Waals surface area contributed by atoms with E-state index in [4.69, 9.17) is 5.11 Å². The molecule has 2 atom stereocenters. The Morgan fingerprint density at radius 1 is 1.47 bits per heavy atom. The molecule has 1 fully saturated rings. The van der Waals surface area contributed by atoms with Gasteiger partial charge in [-0.25, -0.2) is 5.43 Å². The fraction of sp³-hybridized carbons (Fsp3) is 0.364. The highest BCUT2D eigenvalue weighted by Gasteiger charge is 2.40. The Kier molecular flexibility index (Phi) is 1.73. The van der Waals surface area contributed by atoms with Crippen molar-refractivity contribution in [2.24, 2.45) is 0 Å². The van der Waals surface area contributed by atoms with Crippen molar-refractivity contribution in [1.82, 2.24) is 5.43 Å². The predicted molar refractivity (Wildman–Crippen MR) is 55.6 cm³/mol. The third-order valence-corrected chi connectivity index (χ3v) is 3.17. The number of carboxylic acid groups (broad SMARTS) is 1. The van der Waals surface area contributed by atoms with Gasteiger partial charge in [0.1, 0.15) is 6.04 Å². The molecule has 0 aliphatic carbocycles. The molecule has 0 radical (unpaired) electrons. The monoisotopic (exact) mass is 204 g/mol. The molecule has 1 aromatic rings. The zero-order valence-corrected chi connectivity index (χ0v) is 8.18. The fourth-order valence-corrected chi connectivity index (χ4v) is 2.47. The van der Waals surface area contributed by atoms with E-state index in [9.17, 15) is 4.79 Å². The number of hydrazine groups is 1. The van der Waals surface area contributed by atoms with E-state index in [0.717, 1.165) is 12.1 Å². The molecule has 2 aliphatic heterocycles. The number of nitrogens with zero attached hydrogens (tertiary/aromatic N) is 1. The van der Waals surface area contributed by atoms with Gasteiger partial charge in [0.25, 0.3) is 0 Å². The molecule has 0 unspecified atom stereocenters. The van der Waals surface area contributed by atoms with Gasteiger partial charge in [0.15, 0.2) is 0 Å². The molecule has 4 nitrogen and oxygen atoms in total. The second-order valence-corrected chi connectivity index (χ2v) is 4.11. The third-order valence-electron chi connectivity index (χ3n) is 3.17. The minimum atomic E-state index is -0.762. The quantitative estimate of drug-likeness (QED) is 0.709. The lowest BCUT2D eigenvalue weighted by molar-refractivity contribution is -0.139. The first-order chi connectivity index (χ1) is 7.25. The van der Waals surface area contributed by atoms with Crippen LogP contribution in [0, 0.1) is 0 Å². The Labute approximate surface area is 87.5 Å². The third kappa shape index (κ3) is 1.22. The van der Waals surface area contributed by atoms with Crippen LogP contribution in [0.2, 0.25) is 0 Å². The molecule has 0 saturated carbocycles. The van der Waals surface area contributed by atoms with E-state index in [1.54, 1.807) is 0 Å². The van der Waals surface area contributed by atoms with Gasteiger partial charge >= 0.3 is 5.97 Å². The van der Waals surface area contributed by atoms with Crippen molar-refractivity contribution < 1.29 is 9.90 Å². The van der Waals surface area contributed by atoms with Crippen molar-refractivity contribution in [3.8, 4) is 0 Å². The molecule has 3 rings (SSSR count). The maximum atomic E-state index is 10.9. The van der Waals surface area contributed by atoms with Gasteiger partial charge in [-0.15, -0.1) is 0 Å². The topological polar surface area (TPSA) is 52.6 Å². The highest BCUT2D eigenvalue weighted by Crippen LogP contribution is 2.35. The molecule has 0 amide bonds. The van der Waals surface area contributed by atoms with Gasteiger partial charge in [-0.05, 0) is 24.5 Å². The minimum Gasteiger partial charge on any atom is -0.480 e. The second kappa shape index (κ2) is 2.97. The summed E-state index contributed by atoms with van der Waals surface area (Å²) in [5.41, 5.74) is 5.48. The molecule has 15 heavy (non-hydrogen) atoms. The number of rotatable bonds is 1. The van der Waals surface area contributed by atoms with Crippen LogP contribution in [0.4, 0.5) is 5.69 Å². The summed E-state index contributed by atoms with van der Waals surface area (Å²) >= 11 is 0. The summed E-state index contributed by atoms with van der Waals surface area (Å²) in [6, 6.07) is 8.02. The number of fused-ring (bicyclic) bond motifs is 3. The average molecular weight is 204 g/mol. The molecule has 0 spiro atoms. The summed E-state index contributed by atoms with van der Waals surface area (Å²) in [5, 5.41) is 10.9. The SMILES string of the molecule is O=C(O)[C@@H]1C[C@H]2Cc3ccccc3N2N1. The van der Waals surface area contributed by atoms with Gasteiger partial charge < -0.3 is 10.1 Å². The number of benzene rings is 1. The van der Waals surface area contributed by atoms with E-state index < -0.39 is 12.0 Å². The Morgan fingerprint density at radius 3 is 3.07 bits per heavy atom. The summed E-state index contributed by atoms with van der Waals surface area (Å²) < 4.78 is 0. The van der Waals surface area contributed by atoms with Crippen molar-refractivity contribution in [3.63, 3.8) is 0 Å². The number of carboxylic acids is 1. The van der Waals surface area contributed by atoms with Crippen molar-refractivity contribution in [1.29, 1.82) is 0 Å². The maximum Gasteiger partial charge on any atom is 0.322 e. The van der Waals surface area contributed by atoms with E-state index in [2.05, 4.69) is 11.5 Å². The molecular formula is C11H12N2O2. The summed E-state index contributed by atoms with van der Waals surface area (Å²) in [6.07, 6.45) is 1.64. The molecule has 0 bridgehead atoms. The first-order valence-electron chi connectivity index (χ1n) is 5.12. The highest BCUT2D eigenvalue weighted by molar-refractivity contribution is 5.76. The zero-order valence-electron chi connectivity index (χ0n) is 8.18. The Hall–Kier alpha value is -1.55. The summed E-state index contributed by atoms with van der Waals surface area (Å²) in [6.45, 7) is 0. The Balaban J connectivity index is 1.91. The van der Waals surface area contributed by atoms with E-state index in [1.807, 2.05) is 23.2 Å². The summed E-state index contributed by atoms with van der Waals surface area (Å²) in [5.74, 6) is -0.762. The number of carbonyl (C=O) groups is 1. The van der Waals surface area contributed by atoms with Crippen LogP contribution >= 0.6 is 0 Å². The standard InChI is InChI=1S/C11H12N2O2/c14-11(15)9-6-8-5-7-3-1-2-4-10(7)13(8)12-9/h1-4,8-9,12H,5-6H2,(H,14,15)/t8-,9+/m1/s1. The van der Waals surface area contributed by atoms with E-state index in [1.165, 1.54) is 5.56 Å². The van der Waals surface area contributed by atoms with E-state index >= 15 is 0 Å². The van der Waals surface area contributed by atoms with Crippen LogP contribution in [0.5, 0.6) is 0 Å². The fourth-order valence-electron chi connectivity index (χ4n) is 2.47. The molecule has 1 aromatic carbocycles. The van der Waals surface area contributed by atoms with E-state index in [-0.39, 0.29) is 0 Å². The van der Waals surface area contributed by atoms with Crippen LogP contribution in [-0.4, -0.2) is 23.2 Å². The largest absolute Gasteiger partial charge is 0.480 e. The molecule has 1 saturated heterocycles. The summed E-state index contributed by atoms with van der Waals surface area (Å²) in [4.78, 5) is 10.9.